The summed E-state index contributed by atoms with van der Waals surface area (Å²) in [6.45, 7) is 3.56. The van der Waals surface area contributed by atoms with Crippen molar-refractivity contribution in [2.75, 3.05) is 39.3 Å². The van der Waals surface area contributed by atoms with Crippen LogP contribution < -0.4 is 4.90 Å². The van der Waals surface area contributed by atoms with Crippen molar-refractivity contribution in [2.24, 2.45) is 0 Å². The molecule has 7 heteroatoms. The van der Waals surface area contributed by atoms with Crippen molar-refractivity contribution in [3.05, 3.63) is 83.6 Å². The lowest BCUT2D eigenvalue weighted by Gasteiger charge is -2.14. The number of rotatable bonds is 9. The molecule has 1 heterocycles. The number of nitrogens with zero attached hydrogens (tertiary/aromatic N) is 4. The number of hydrogen-bond donors (Lipinski definition) is 2. The zero-order valence-corrected chi connectivity index (χ0v) is 20.0. The molecule has 32 heavy (non-hydrogen) atoms. The molecule has 0 radical (unpaired) electrons. The van der Waals surface area contributed by atoms with E-state index >= 15 is 0 Å². The van der Waals surface area contributed by atoms with Crippen LogP contribution in [0.15, 0.2) is 71.8 Å². The van der Waals surface area contributed by atoms with Crippen LogP contribution >= 0.6 is 11.8 Å². The van der Waals surface area contributed by atoms with Gasteiger partial charge < -0.3 is 20.0 Å². The summed E-state index contributed by atoms with van der Waals surface area (Å²) in [5, 5.41) is 20.4. The Bertz CT molecular complexity index is 1070. The van der Waals surface area contributed by atoms with Gasteiger partial charge in [0, 0.05) is 28.2 Å². The van der Waals surface area contributed by atoms with Gasteiger partial charge in [0.25, 0.3) is 0 Å². The number of aromatic nitrogens is 2. The summed E-state index contributed by atoms with van der Waals surface area (Å²) < 4.78 is 0. The van der Waals surface area contributed by atoms with Crippen LogP contribution in [0.5, 0.6) is 5.75 Å². The van der Waals surface area contributed by atoms with E-state index in [1.165, 1.54) is 11.8 Å². The van der Waals surface area contributed by atoms with Gasteiger partial charge in [-0.15, -0.1) is 0 Å². The van der Waals surface area contributed by atoms with Gasteiger partial charge in [-0.1, -0.05) is 48.7 Å². The summed E-state index contributed by atoms with van der Waals surface area (Å²) in [5.74, 6) is 0.251. The molecule has 6 nitrogen and oxygen atoms in total. The molecule has 0 aliphatic carbocycles. The molecule has 0 atom stereocenters. The highest BCUT2D eigenvalue weighted by atomic mass is 32.2. The van der Waals surface area contributed by atoms with Crippen molar-refractivity contribution in [3.8, 4) is 5.75 Å². The van der Waals surface area contributed by atoms with E-state index in [-0.39, 0.29) is 11.5 Å². The van der Waals surface area contributed by atoms with Crippen LogP contribution in [-0.2, 0) is 0 Å². The molecule has 0 spiro atoms. The summed E-state index contributed by atoms with van der Waals surface area (Å²) in [6.07, 6.45) is 15.0. The number of likely N-dealkylation sites (N-methyl/N-ethyl adjacent to an activating group) is 1. The van der Waals surface area contributed by atoms with E-state index in [0.29, 0.717) is 10.9 Å². The highest BCUT2D eigenvalue weighted by Crippen LogP contribution is 2.27. The molecule has 0 aliphatic heterocycles. The third-order valence-electron chi connectivity index (χ3n) is 4.38. The minimum absolute atomic E-state index is 0.0187. The topological polar surface area (TPSA) is 72.7 Å². The van der Waals surface area contributed by atoms with Crippen LogP contribution in [-0.4, -0.2) is 59.5 Å². The van der Waals surface area contributed by atoms with Gasteiger partial charge in [-0.2, -0.15) is 0 Å². The van der Waals surface area contributed by atoms with E-state index in [0.717, 1.165) is 22.6 Å². The number of allylic oxidation sites excluding steroid dienone is 4. The van der Waals surface area contributed by atoms with Crippen molar-refractivity contribution in [3.63, 3.8) is 0 Å². The molecule has 2 rings (SSSR count). The predicted octanol–water partition coefficient (Wildman–Crippen LogP) is 5.23. The summed E-state index contributed by atoms with van der Waals surface area (Å²) in [4.78, 5) is 12.7. The van der Waals surface area contributed by atoms with Crippen LogP contribution in [0.1, 0.15) is 17.0 Å². The standard InChI is InChI=1S/C25H30N4O2S/c1-18(30)22(28(2)3)11-9-7-8-10-20-17-21(27-25(26-20)32-6)14-12-19-13-15-23(29(4)5)24(31)16-19/h7-17,30-31H,1H2,2-6H3/b9-7+,10-8+,14-12+,22-11+. The Hall–Kier alpha value is -3.45. The van der Waals surface area contributed by atoms with Crippen molar-refractivity contribution in [1.29, 1.82) is 0 Å². The largest absolute Gasteiger partial charge is 0.506 e. The van der Waals surface area contributed by atoms with E-state index in [1.54, 1.807) is 17.0 Å². The SMILES string of the molecule is C=C(O)\C(=C/C=C/C=C/c1cc(/C=C/c2ccc(N(C)C)c(O)c2)nc(SC)n1)N(C)C. The lowest BCUT2D eigenvalue weighted by molar-refractivity contribution is 0.377. The monoisotopic (exact) mass is 450 g/mol. The fraction of sp³-hybridized carbons (Fsp3) is 0.200. The Kier molecular flexibility index (Phi) is 9.16. The number of aromatic hydroxyl groups is 1. The van der Waals surface area contributed by atoms with Gasteiger partial charge in [0.05, 0.1) is 22.8 Å². The van der Waals surface area contributed by atoms with E-state index in [9.17, 15) is 10.2 Å². The van der Waals surface area contributed by atoms with Gasteiger partial charge in [-0.05, 0) is 48.2 Å². The quantitative estimate of drug-likeness (QED) is 0.235. The molecule has 1 aromatic carbocycles. The Morgan fingerprint density at radius 2 is 1.66 bits per heavy atom. The Morgan fingerprint density at radius 3 is 2.22 bits per heavy atom. The molecule has 168 valence electrons. The van der Waals surface area contributed by atoms with Gasteiger partial charge in [0.15, 0.2) is 5.16 Å². The maximum Gasteiger partial charge on any atom is 0.188 e. The van der Waals surface area contributed by atoms with Crippen LogP contribution in [0.2, 0.25) is 0 Å². The van der Waals surface area contributed by atoms with Crippen LogP contribution in [0.3, 0.4) is 0 Å². The van der Waals surface area contributed by atoms with Crippen LogP contribution in [0.4, 0.5) is 5.69 Å². The van der Waals surface area contributed by atoms with Crippen LogP contribution in [0.25, 0.3) is 18.2 Å². The number of phenols is 1. The van der Waals surface area contributed by atoms with Crippen molar-refractivity contribution >= 4 is 35.7 Å². The average Bonchev–Trinajstić information content (AvgIpc) is 2.73. The summed E-state index contributed by atoms with van der Waals surface area (Å²) in [5.41, 5.74) is 3.84. The normalized spacial score (nSPS) is 12.2. The first-order valence-electron chi connectivity index (χ1n) is 9.93. The maximum absolute atomic E-state index is 10.2. The van der Waals surface area contributed by atoms with E-state index in [1.807, 2.05) is 94.0 Å². The van der Waals surface area contributed by atoms with Gasteiger partial charge in [-0.25, -0.2) is 9.97 Å². The molecule has 0 saturated carbocycles. The summed E-state index contributed by atoms with van der Waals surface area (Å²) in [7, 11) is 7.46. The second-order valence-electron chi connectivity index (χ2n) is 7.32. The summed E-state index contributed by atoms with van der Waals surface area (Å²) >= 11 is 1.47. The number of benzene rings is 1. The van der Waals surface area contributed by atoms with E-state index in [4.69, 9.17) is 0 Å². The highest BCUT2D eigenvalue weighted by Gasteiger charge is 2.04. The molecule has 2 aromatic rings. The van der Waals surface area contributed by atoms with E-state index in [2.05, 4.69) is 16.5 Å². The third kappa shape index (κ3) is 7.35. The third-order valence-corrected chi connectivity index (χ3v) is 4.92. The maximum atomic E-state index is 10.2. The highest BCUT2D eigenvalue weighted by molar-refractivity contribution is 7.98. The number of aliphatic hydroxyl groups is 1. The lowest BCUT2D eigenvalue weighted by atomic mass is 10.1. The molecule has 0 aliphatic rings. The molecule has 2 N–H and O–H groups in total. The molecular weight excluding hydrogens is 420 g/mol. The second-order valence-corrected chi connectivity index (χ2v) is 8.09. The summed E-state index contributed by atoms with van der Waals surface area (Å²) in [6, 6.07) is 7.45. The number of thioether (sulfide) groups is 1. The van der Waals surface area contributed by atoms with Gasteiger partial charge >= 0.3 is 0 Å². The first-order valence-corrected chi connectivity index (χ1v) is 11.2. The minimum atomic E-state index is 0.0187. The van der Waals surface area contributed by atoms with Gasteiger partial charge in [-0.3, -0.25) is 0 Å². The second kappa shape index (κ2) is 11.8. The number of phenolic OH excluding ortho intramolecular Hbond substituents is 1. The Balaban J connectivity index is 2.20. The number of aliphatic hydroxyl groups excluding tert-OH is 1. The number of hydrogen-bond acceptors (Lipinski definition) is 7. The zero-order valence-electron chi connectivity index (χ0n) is 19.1. The lowest BCUT2D eigenvalue weighted by Crippen LogP contribution is -2.12. The molecule has 0 amide bonds. The predicted molar refractivity (Wildman–Crippen MR) is 137 cm³/mol. The van der Waals surface area contributed by atoms with Crippen molar-refractivity contribution < 1.29 is 10.2 Å². The van der Waals surface area contributed by atoms with E-state index < -0.39 is 0 Å². The zero-order chi connectivity index (χ0) is 23.7. The molecule has 0 fully saturated rings. The Morgan fingerprint density at radius 1 is 0.969 bits per heavy atom. The average molecular weight is 451 g/mol. The van der Waals surface area contributed by atoms with Crippen molar-refractivity contribution in [2.45, 2.75) is 5.16 Å². The fourth-order valence-electron chi connectivity index (χ4n) is 2.80. The van der Waals surface area contributed by atoms with Crippen molar-refractivity contribution in [1.82, 2.24) is 14.9 Å². The number of anilines is 1. The molecule has 0 saturated heterocycles. The molecule has 1 aromatic heterocycles. The first kappa shape index (κ1) is 24.8. The first-order chi connectivity index (χ1) is 15.2. The minimum Gasteiger partial charge on any atom is -0.506 e. The molecule has 0 bridgehead atoms. The van der Waals surface area contributed by atoms with Crippen LogP contribution in [0, 0.1) is 0 Å². The smallest absolute Gasteiger partial charge is 0.188 e. The fourth-order valence-corrected chi connectivity index (χ4v) is 3.19. The molecular formula is C25H30N4O2S. The Labute approximate surface area is 194 Å². The van der Waals surface area contributed by atoms with Gasteiger partial charge in [0.1, 0.15) is 11.5 Å². The van der Waals surface area contributed by atoms with Gasteiger partial charge in [0.2, 0.25) is 0 Å². The molecule has 0 unspecified atom stereocenters.